The molecular weight excluding hydrogens is 210 g/mol. The second kappa shape index (κ2) is 6.72. The van der Waals surface area contributed by atoms with Gasteiger partial charge in [-0.2, -0.15) is 0 Å². The predicted octanol–water partition coefficient (Wildman–Crippen LogP) is 1.40. The Morgan fingerprint density at radius 2 is 1.94 bits per heavy atom. The van der Waals surface area contributed by atoms with Gasteiger partial charge in [-0.25, -0.2) is 0 Å². The lowest BCUT2D eigenvalue weighted by Crippen LogP contribution is -2.32. The molecule has 0 spiro atoms. The van der Waals surface area contributed by atoms with Crippen molar-refractivity contribution in [2.24, 2.45) is 5.92 Å². The van der Waals surface area contributed by atoms with Gasteiger partial charge in [0.2, 0.25) is 0 Å². The third-order valence-electron chi connectivity index (χ3n) is 4.52. The molecule has 1 unspecified atom stereocenters. The van der Waals surface area contributed by atoms with Crippen molar-refractivity contribution in [3.63, 3.8) is 0 Å². The van der Waals surface area contributed by atoms with Gasteiger partial charge in [0.05, 0.1) is 0 Å². The molecule has 2 aliphatic rings. The molecule has 1 atom stereocenters. The standard InChI is InChI=1S/C14H29N3/c1-16(2)14-7-11-17(12-14)10-3-4-13-5-8-15-9-6-13/h13-15H,3-12H2,1-2H3. The number of rotatable bonds is 5. The van der Waals surface area contributed by atoms with E-state index in [1.807, 2.05) is 0 Å². The summed E-state index contributed by atoms with van der Waals surface area (Å²) in [6.07, 6.45) is 7.02. The molecule has 2 saturated heterocycles. The van der Waals surface area contributed by atoms with Crippen LogP contribution in [0.25, 0.3) is 0 Å². The van der Waals surface area contributed by atoms with Crippen LogP contribution < -0.4 is 5.32 Å². The fourth-order valence-corrected chi connectivity index (χ4v) is 3.21. The lowest BCUT2D eigenvalue weighted by molar-refractivity contribution is 0.256. The smallest absolute Gasteiger partial charge is 0.0229 e. The minimum atomic E-state index is 0.800. The van der Waals surface area contributed by atoms with E-state index >= 15 is 0 Å². The maximum atomic E-state index is 3.45. The van der Waals surface area contributed by atoms with E-state index in [0.29, 0.717) is 0 Å². The molecular formula is C14H29N3. The normalized spacial score (nSPS) is 28.1. The largest absolute Gasteiger partial charge is 0.317 e. The van der Waals surface area contributed by atoms with Gasteiger partial charge >= 0.3 is 0 Å². The van der Waals surface area contributed by atoms with Crippen LogP contribution in [0.4, 0.5) is 0 Å². The van der Waals surface area contributed by atoms with Crippen molar-refractivity contribution in [1.29, 1.82) is 0 Å². The number of nitrogens with one attached hydrogen (secondary N) is 1. The molecule has 3 heteroatoms. The summed E-state index contributed by atoms with van der Waals surface area (Å²) in [5.41, 5.74) is 0. The first-order chi connectivity index (χ1) is 8.25. The zero-order valence-corrected chi connectivity index (χ0v) is 11.6. The summed E-state index contributed by atoms with van der Waals surface area (Å²) in [5.74, 6) is 1.00. The van der Waals surface area contributed by atoms with Crippen LogP contribution in [0, 0.1) is 5.92 Å². The number of nitrogens with zero attached hydrogens (tertiary/aromatic N) is 2. The predicted molar refractivity (Wildman–Crippen MR) is 73.4 cm³/mol. The minimum absolute atomic E-state index is 0.800. The summed E-state index contributed by atoms with van der Waals surface area (Å²) in [5, 5.41) is 3.45. The molecule has 0 bridgehead atoms. The zero-order valence-electron chi connectivity index (χ0n) is 11.6. The molecule has 0 amide bonds. The molecule has 2 fully saturated rings. The number of likely N-dealkylation sites (N-methyl/N-ethyl adjacent to an activating group) is 1. The van der Waals surface area contributed by atoms with E-state index in [-0.39, 0.29) is 0 Å². The van der Waals surface area contributed by atoms with Gasteiger partial charge in [-0.15, -0.1) is 0 Å². The number of hydrogen-bond acceptors (Lipinski definition) is 3. The Balaban J connectivity index is 1.56. The molecule has 2 heterocycles. The van der Waals surface area contributed by atoms with Crippen molar-refractivity contribution in [3.05, 3.63) is 0 Å². The molecule has 3 nitrogen and oxygen atoms in total. The highest BCUT2D eigenvalue weighted by Crippen LogP contribution is 2.19. The molecule has 2 aliphatic heterocycles. The maximum Gasteiger partial charge on any atom is 0.0229 e. The Labute approximate surface area is 107 Å². The van der Waals surface area contributed by atoms with E-state index in [0.717, 1.165) is 12.0 Å². The average Bonchev–Trinajstić information content (AvgIpc) is 2.79. The van der Waals surface area contributed by atoms with Gasteiger partial charge in [0, 0.05) is 12.6 Å². The van der Waals surface area contributed by atoms with E-state index < -0.39 is 0 Å². The van der Waals surface area contributed by atoms with Gasteiger partial charge in [-0.05, 0) is 78.3 Å². The first-order valence-electron chi connectivity index (χ1n) is 7.35. The molecule has 0 saturated carbocycles. The van der Waals surface area contributed by atoms with Crippen LogP contribution in [0.5, 0.6) is 0 Å². The second-order valence-corrected chi connectivity index (χ2v) is 6.04. The highest BCUT2D eigenvalue weighted by atomic mass is 15.2. The molecule has 100 valence electrons. The van der Waals surface area contributed by atoms with Crippen molar-refractivity contribution in [2.75, 3.05) is 46.8 Å². The first kappa shape index (κ1) is 13.3. The highest BCUT2D eigenvalue weighted by molar-refractivity contribution is 4.80. The second-order valence-electron chi connectivity index (χ2n) is 6.04. The highest BCUT2D eigenvalue weighted by Gasteiger charge is 2.23. The Bertz CT molecular complexity index is 212. The fraction of sp³-hybridized carbons (Fsp3) is 1.00. The van der Waals surface area contributed by atoms with Crippen LogP contribution in [0.1, 0.15) is 32.1 Å². The molecule has 2 rings (SSSR count). The van der Waals surface area contributed by atoms with E-state index in [4.69, 9.17) is 0 Å². The van der Waals surface area contributed by atoms with Crippen molar-refractivity contribution < 1.29 is 0 Å². The SMILES string of the molecule is CN(C)C1CCN(CCCC2CCNCC2)C1. The van der Waals surface area contributed by atoms with Gasteiger partial charge < -0.3 is 15.1 Å². The fourth-order valence-electron chi connectivity index (χ4n) is 3.21. The van der Waals surface area contributed by atoms with Crippen LogP contribution in [0.2, 0.25) is 0 Å². The molecule has 0 aromatic rings. The van der Waals surface area contributed by atoms with Crippen molar-refractivity contribution >= 4 is 0 Å². The number of hydrogen-bond donors (Lipinski definition) is 1. The molecule has 1 N–H and O–H groups in total. The third-order valence-corrected chi connectivity index (χ3v) is 4.52. The topological polar surface area (TPSA) is 18.5 Å². The van der Waals surface area contributed by atoms with Crippen LogP contribution >= 0.6 is 0 Å². The summed E-state index contributed by atoms with van der Waals surface area (Å²) in [6, 6.07) is 0.800. The maximum absolute atomic E-state index is 3.45. The number of likely N-dealkylation sites (tertiary alicyclic amines) is 1. The van der Waals surface area contributed by atoms with Crippen molar-refractivity contribution in [1.82, 2.24) is 15.1 Å². The Hall–Kier alpha value is -0.120. The van der Waals surface area contributed by atoms with E-state index in [9.17, 15) is 0 Å². The van der Waals surface area contributed by atoms with Crippen LogP contribution in [-0.2, 0) is 0 Å². The quantitative estimate of drug-likeness (QED) is 0.782. The molecule has 17 heavy (non-hydrogen) atoms. The number of piperidine rings is 1. The molecule has 0 aliphatic carbocycles. The van der Waals surface area contributed by atoms with Gasteiger partial charge in [0.15, 0.2) is 0 Å². The van der Waals surface area contributed by atoms with E-state index in [1.54, 1.807) is 0 Å². The third kappa shape index (κ3) is 4.23. The molecule has 0 aromatic heterocycles. The summed E-state index contributed by atoms with van der Waals surface area (Å²) in [4.78, 5) is 5.04. The lowest BCUT2D eigenvalue weighted by atomic mass is 9.93. The molecule has 0 aromatic carbocycles. The zero-order chi connectivity index (χ0) is 12.1. The van der Waals surface area contributed by atoms with Crippen molar-refractivity contribution in [2.45, 2.75) is 38.1 Å². The lowest BCUT2D eigenvalue weighted by Gasteiger charge is -2.24. The summed E-state index contributed by atoms with van der Waals surface area (Å²) >= 11 is 0. The minimum Gasteiger partial charge on any atom is -0.317 e. The van der Waals surface area contributed by atoms with Gasteiger partial charge in [-0.3, -0.25) is 0 Å². The average molecular weight is 239 g/mol. The van der Waals surface area contributed by atoms with Gasteiger partial charge in [0.25, 0.3) is 0 Å². The Morgan fingerprint density at radius 3 is 2.59 bits per heavy atom. The van der Waals surface area contributed by atoms with Gasteiger partial charge in [-0.1, -0.05) is 0 Å². The summed E-state index contributed by atoms with van der Waals surface area (Å²) < 4.78 is 0. The summed E-state index contributed by atoms with van der Waals surface area (Å²) in [7, 11) is 4.42. The summed E-state index contributed by atoms with van der Waals surface area (Å²) in [6.45, 7) is 6.43. The van der Waals surface area contributed by atoms with Crippen LogP contribution in [0.3, 0.4) is 0 Å². The first-order valence-corrected chi connectivity index (χ1v) is 7.35. The molecule has 0 radical (unpaired) electrons. The van der Waals surface area contributed by atoms with Gasteiger partial charge in [0.1, 0.15) is 0 Å². The Morgan fingerprint density at radius 1 is 1.18 bits per heavy atom. The van der Waals surface area contributed by atoms with Crippen LogP contribution in [-0.4, -0.2) is 62.7 Å². The van der Waals surface area contributed by atoms with Crippen LogP contribution in [0.15, 0.2) is 0 Å². The monoisotopic (exact) mass is 239 g/mol. The van der Waals surface area contributed by atoms with E-state index in [2.05, 4.69) is 29.2 Å². The van der Waals surface area contributed by atoms with Crippen molar-refractivity contribution in [3.8, 4) is 0 Å². The Kier molecular flexibility index (Phi) is 5.26. The van der Waals surface area contributed by atoms with E-state index in [1.165, 1.54) is 64.8 Å².